The first-order valence-electron chi connectivity index (χ1n) is 7.97. The molecule has 0 saturated carbocycles. The second-order valence-corrected chi connectivity index (χ2v) is 6.60. The van der Waals surface area contributed by atoms with Gasteiger partial charge in [-0.25, -0.2) is 4.99 Å². The first-order chi connectivity index (χ1) is 12.2. The van der Waals surface area contributed by atoms with Crippen molar-refractivity contribution in [2.45, 2.75) is 13.1 Å². The van der Waals surface area contributed by atoms with E-state index in [0.717, 1.165) is 34.8 Å². The molecule has 0 aromatic heterocycles. The Balaban J connectivity index is 1.67. The van der Waals surface area contributed by atoms with Crippen LogP contribution >= 0.6 is 15.9 Å². The molecule has 2 aromatic rings. The average Bonchev–Trinajstić information content (AvgIpc) is 3.03. The number of benzene rings is 2. The van der Waals surface area contributed by atoms with E-state index in [2.05, 4.69) is 56.1 Å². The predicted molar refractivity (Wildman–Crippen MR) is 107 cm³/mol. The monoisotopic (exact) mass is 397 g/mol. The summed E-state index contributed by atoms with van der Waals surface area (Å²) in [7, 11) is 1.69. The van der Waals surface area contributed by atoms with Gasteiger partial charge in [0.25, 0.3) is 0 Å². The number of ether oxygens (including phenoxy) is 1. The number of methoxy groups -OCH3 is 1. The molecule has 1 N–H and O–H groups in total. The van der Waals surface area contributed by atoms with Crippen LogP contribution in [0.2, 0.25) is 0 Å². The van der Waals surface area contributed by atoms with Gasteiger partial charge >= 0.3 is 0 Å². The van der Waals surface area contributed by atoms with Crippen molar-refractivity contribution in [3.63, 3.8) is 0 Å². The topological polar surface area (TPSA) is 36.9 Å². The summed E-state index contributed by atoms with van der Waals surface area (Å²) in [6.07, 6.45) is 5.56. The van der Waals surface area contributed by atoms with Crippen molar-refractivity contribution in [2.75, 3.05) is 12.4 Å². The molecule has 0 unspecified atom stereocenters. The van der Waals surface area contributed by atoms with E-state index in [1.807, 2.05) is 36.4 Å². The zero-order chi connectivity index (χ0) is 17.6. The predicted octanol–water partition coefficient (Wildman–Crippen LogP) is 4.94. The molecule has 128 valence electrons. The fourth-order valence-electron chi connectivity index (χ4n) is 2.70. The molecule has 1 aliphatic heterocycles. The largest absolute Gasteiger partial charge is 0.497 e. The van der Waals surface area contributed by atoms with Crippen LogP contribution in [0.3, 0.4) is 0 Å². The van der Waals surface area contributed by atoms with Crippen molar-refractivity contribution in [1.29, 1.82) is 0 Å². The van der Waals surface area contributed by atoms with Gasteiger partial charge in [-0.2, -0.15) is 0 Å². The molecular formula is C20H20BrN3O. The average molecular weight is 398 g/mol. The number of nitrogens with zero attached hydrogens (tertiary/aromatic N) is 2. The number of halogens is 1. The third kappa shape index (κ3) is 4.51. The van der Waals surface area contributed by atoms with Gasteiger partial charge in [0.2, 0.25) is 0 Å². The number of fused-ring (bicyclic) bond motifs is 1. The van der Waals surface area contributed by atoms with E-state index in [0.29, 0.717) is 0 Å². The highest BCUT2D eigenvalue weighted by molar-refractivity contribution is 9.10. The van der Waals surface area contributed by atoms with Crippen LogP contribution in [0.4, 0.5) is 5.69 Å². The lowest BCUT2D eigenvalue weighted by molar-refractivity contribution is 0.398. The highest BCUT2D eigenvalue weighted by Gasteiger charge is 2.16. The Hall–Kier alpha value is -2.53. The number of amidine groups is 1. The van der Waals surface area contributed by atoms with Crippen LogP contribution in [-0.4, -0.2) is 17.8 Å². The zero-order valence-electron chi connectivity index (χ0n) is 14.1. The number of hydrogen-bond acceptors (Lipinski definition) is 3. The molecule has 0 fully saturated rings. The molecular weight excluding hydrogens is 378 g/mol. The minimum absolute atomic E-state index is 0.742. The van der Waals surface area contributed by atoms with Gasteiger partial charge in [0.05, 0.1) is 7.11 Å². The second-order valence-electron chi connectivity index (χ2n) is 5.68. The maximum Gasteiger partial charge on any atom is 0.131 e. The maximum absolute atomic E-state index is 5.30. The molecule has 0 bridgehead atoms. The summed E-state index contributed by atoms with van der Waals surface area (Å²) in [6.45, 7) is 5.44. The van der Waals surface area contributed by atoms with Crippen LogP contribution in [0, 0.1) is 0 Å². The van der Waals surface area contributed by atoms with Gasteiger partial charge in [-0.3, -0.25) is 0 Å². The van der Waals surface area contributed by atoms with Crippen molar-refractivity contribution in [3.8, 4) is 5.75 Å². The molecule has 1 heterocycles. The number of anilines is 1. The van der Waals surface area contributed by atoms with E-state index < -0.39 is 0 Å². The van der Waals surface area contributed by atoms with Gasteiger partial charge in [-0.05, 0) is 53.6 Å². The van der Waals surface area contributed by atoms with E-state index in [4.69, 9.17) is 4.74 Å². The van der Waals surface area contributed by atoms with Crippen LogP contribution in [0.25, 0.3) is 0 Å². The number of hydrogen-bond donors (Lipinski definition) is 1. The Morgan fingerprint density at radius 1 is 1.20 bits per heavy atom. The Kier molecular flexibility index (Phi) is 5.56. The standard InChI is InChI=1S/C20H20BrN3O/c1-3-22-20(23-18-7-5-17(21)6-8-18)10-11-24-13-15-4-9-19(25-2)12-16(15)14-24/h3-12H,1,13-14H2,2H3,(H,22,23)/b11-10-. The maximum atomic E-state index is 5.30. The summed E-state index contributed by atoms with van der Waals surface area (Å²) < 4.78 is 6.34. The quantitative estimate of drug-likeness (QED) is 0.573. The number of nitrogens with one attached hydrogen (secondary N) is 1. The Labute approximate surface area is 156 Å². The fraction of sp³-hybridized carbons (Fsp3) is 0.150. The first kappa shape index (κ1) is 17.3. The van der Waals surface area contributed by atoms with Crippen LogP contribution in [0.5, 0.6) is 5.75 Å². The highest BCUT2D eigenvalue weighted by Crippen LogP contribution is 2.26. The smallest absolute Gasteiger partial charge is 0.131 e. The molecule has 2 aromatic carbocycles. The number of rotatable bonds is 5. The summed E-state index contributed by atoms with van der Waals surface area (Å²) in [5.74, 6) is 1.64. The molecule has 5 heteroatoms. The lowest BCUT2D eigenvalue weighted by Crippen LogP contribution is -2.12. The lowest BCUT2D eigenvalue weighted by atomic mass is 10.1. The summed E-state index contributed by atoms with van der Waals surface area (Å²) >= 11 is 3.44. The van der Waals surface area contributed by atoms with E-state index in [1.165, 1.54) is 17.3 Å². The van der Waals surface area contributed by atoms with Crippen LogP contribution in [-0.2, 0) is 13.1 Å². The summed E-state index contributed by atoms with van der Waals surface area (Å²) in [4.78, 5) is 6.55. The van der Waals surface area contributed by atoms with E-state index in [-0.39, 0.29) is 0 Å². The van der Waals surface area contributed by atoms with Gasteiger partial charge in [0.1, 0.15) is 11.6 Å². The van der Waals surface area contributed by atoms with E-state index in [1.54, 1.807) is 7.11 Å². The van der Waals surface area contributed by atoms with Gasteiger partial charge in [-0.15, -0.1) is 0 Å². The van der Waals surface area contributed by atoms with Crippen LogP contribution in [0.15, 0.2) is 77.0 Å². The molecule has 3 rings (SSSR count). The minimum atomic E-state index is 0.742. The van der Waals surface area contributed by atoms with Gasteiger partial charge < -0.3 is 15.0 Å². The molecule has 0 spiro atoms. The van der Waals surface area contributed by atoms with Crippen molar-refractivity contribution in [2.24, 2.45) is 4.99 Å². The van der Waals surface area contributed by atoms with Crippen LogP contribution in [0.1, 0.15) is 11.1 Å². The molecule has 4 nitrogen and oxygen atoms in total. The molecule has 0 aliphatic carbocycles. The molecule has 1 aliphatic rings. The van der Waals surface area contributed by atoms with E-state index >= 15 is 0 Å². The normalized spacial score (nSPS) is 13.8. The Bertz CT molecular complexity index is 812. The third-order valence-electron chi connectivity index (χ3n) is 3.95. The summed E-state index contributed by atoms with van der Waals surface area (Å²) in [5.41, 5.74) is 3.60. The van der Waals surface area contributed by atoms with Crippen molar-refractivity contribution >= 4 is 27.5 Å². The molecule has 0 amide bonds. The van der Waals surface area contributed by atoms with Gasteiger partial charge in [0, 0.05) is 35.6 Å². The second kappa shape index (κ2) is 8.03. The minimum Gasteiger partial charge on any atom is -0.497 e. The van der Waals surface area contributed by atoms with Crippen molar-refractivity contribution in [3.05, 3.63) is 83.1 Å². The zero-order valence-corrected chi connectivity index (χ0v) is 15.7. The summed E-state index contributed by atoms with van der Waals surface area (Å²) in [6, 6.07) is 14.2. The van der Waals surface area contributed by atoms with Crippen molar-refractivity contribution in [1.82, 2.24) is 4.90 Å². The molecule has 0 atom stereocenters. The fourth-order valence-corrected chi connectivity index (χ4v) is 2.97. The first-order valence-corrected chi connectivity index (χ1v) is 8.76. The highest BCUT2D eigenvalue weighted by atomic mass is 79.9. The SMILES string of the molecule is C=CN=C(/C=C\N1Cc2ccc(OC)cc2C1)Nc1ccc(Br)cc1. The molecule has 0 saturated heterocycles. The van der Waals surface area contributed by atoms with Crippen LogP contribution < -0.4 is 10.1 Å². The van der Waals surface area contributed by atoms with E-state index in [9.17, 15) is 0 Å². The molecule has 25 heavy (non-hydrogen) atoms. The van der Waals surface area contributed by atoms with Gasteiger partial charge in [0.15, 0.2) is 0 Å². The molecule has 0 radical (unpaired) electrons. The Morgan fingerprint density at radius 3 is 2.68 bits per heavy atom. The lowest BCUT2D eigenvalue weighted by Gasteiger charge is -2.12. The third-order valence-corrected chi connectivity index (χ3v) is 4.48. The van der Waals surface area contributed by atoms with Crippen molar-refractivity contribution < 1.29 is 4.74 Å². The van der Waals surface area contributed by atoms with Gasteiger partial charge in [-0.1, -0.05) is 28.6 Å². The summed E-state index contributed by atoms with van der Waals surface area (Å²) in [5, 5.41) is 3.29. The number of aliphatic imine (C=N–C) groups is 1. The Morgan fingerprint density at radius 2 is 1.96 bits per heavy atom.